The number of halogens is 9. The Hall–Kier alpha value is -1.96. The molecule has 0 saturated heterocycles. The van der Waals surface area contributed by atoms with Gasteiger partial charge < -0.3 is 10.2 Å². The maximum Gasteiger partial charge on any atom is 0.460 e. The van der Waals surface area contributed by atoms with Gasteiger partial charge >= 0.3 is 23.9 Å². The van der Waals surface area contributed by atoms with Crippen LogP contribution in [0, 0.1) is 23.2 Å². The van der Waals surface area contributed by atoms with Crippen LogP contribution in [-0.4, -0.2) is 60.2 Å². The van der Waals surface area contributed by atoms with Crippen molar-refractivity contribution < 1.29 is 58.1 Å². The first-order chi connectivity index (χ1) is 22.6. The second kappa shape index (κ2) is 14.6. The largest absolute Gasteiger partial charge is 0.508 e. The molecule has 0 unspecified atom stereocenters. The topological polar surface area (TPSA) is 74.6 Å². The molecule has 3 aliphatic carbocycles. The number of alkyl halides is 9. The van der Waals surface area contributed by atoms with Crippen molar-refractivity contribution in [1.29, 1.82) is 0 Å². The minimum absolute atomic E-state index is 0.0884. The highest BCUT2D eigenvalue weighted by Gasteiger charge is 2.81. The van der Waals surface area contributed by atoms with E-state index in [0.29, 0.717) is 36.5 Å². The number of fused-ring (bicyclic) bond motifs is 5. The Labute approximate surface area is 282 Å². The van der Waals surface area contributed by atoms with Crippen molar-refractivity contribution >= 4 is 9.84 Å². The molecule has 4 rings (SSSR count). The summed E-state index contributed by atoms with van der Waals surface area (Å²) in [6.07, 6.45) is -1.07. The van der Waals surface area contributed by atoms with Crippen LogP contribution in [0.1, 0.15) is 107 Å². The summed E-state index contributed by atoms with van der Waals surface area (Å²) in [6, 6.07) is 5.69. The van der Waals surface area contributed by atoms with Crippen molar-refractivity contribution in [2.45, 2.75) is 133 Å². The number of sulfone groups is 1. The van der Waals surface area contributed by atoms with Crippen molar-refractivity contribution in [3.8, 4) is 5.75 Å². The second-order valence-corrected chi connectivity index (χ2v) is 17.0. The third kappa shape index (κ3) is 8.09. The molecule has 14 heteroatoms. The molecule has 6 atom stereocenters. The van der Waals surface area contributed by atoms with Crippen LogP contribution in [0.2, 0.25) is 0 Å². The molecule has 3 aliphatic rings. The van der Waals surface area contributed by atoms with Crippen molar-refractivity contribution in [1.82, 2.24) is 0 Å². The van der Waals surface area contributed by atoms with Gasteiger partial charge in [0.25, 0.3) is 0 Å². The molecule has 0 aliphatic heterocycles. The molecule has 0 aromatic heterocycles. The van der Waals surface area contributed by atoms with Crippen LogP contribution in [0.3, 0.4) is 0 Å². The summed E-state index contributed by atoms with van der Waals surface area (Å²) < 4.78 is 141. The summed E-state index contributed by atoms with van der Waals surface area (Å²) in [5.41, 5.74) is 3.35. The van der Waals surface area contributed by atoms with Gasteiger partial charge in [-0.3, -0.25) is 0 Å². The fraction of sp³-hybridized carbons (Fsp3) is 0.771. The highest BCUT2D eigenvalue weighted by Crippen LogP contribution is 2.64. The Morgan fingerprint density at radius 1 is 0.878 bits per heavy atom. The third-order valence-corrected chi connectivity index (χ3v) is 13.4. The molecule has 2 fully saturated rings. The van der Waals surface area contributed by atoms with Crippen LogP contribution in [0.5, 0.6) is 5.75 Å². The fourth-order valence-corrected chi connectivity index (χ4v) is 10.2. The summed E-state index contributed by atoms with van der Waals surface area (Å²) in [6.45, 7) is 6.50. The van der Waals surface area contributed by atoms with Crippen LogP contribution in [0.25, 0.3) is 0 Å². The van der Waals surface area contributed by atoms with E-state index in [2.05, 4.69) is 19.6 Å². The van der Waals surface area contributed by atoms with Gasteiger partial charge in [0.15, 0.2) is 0 Å². The molecule has 0 radical (unpaired) electrons. The van der Waals surface area contributed by atoms with E-state index >= 15 is 0 Å². The molecule has 0 bridgehead atoms. The number of phenols is 1. The normalized spacial score (nSPS) is 27.9. The quantitative estimate of drug-likeness (QED) is 0.101. The van der Waals surface area contributed by atoms with E-state index in [0.717, 1.165) is 63.4 Å². The van der Waals surface area contributed by atoms with Crippen LogP contribution in [0.4, 0.5) is 39.5 Å². The van der Waals surface area contributed by atoms with Gasteiger partial charge in [-0.15, -0.1) is 0 Å². The number of hydrogen-bond acceptors (Lipinski definition) is 4. The van der Waals surface area contributed by atoms with E-state index in [9.17, 15) is 58.1 Å². The van der Waals surface area contributed by atoms with E-state index in [1.807, 2.05) is 6.07 Å². The molecule has 280 valence electrons. The van der Waals surface area contributed by atoms with Crippen molar-refractivity contribution in [3.05, 3.63) is 41.5 Å². The van der Waals surface area contributed by atoms with E-state index < -0.39 is 64.2 Å². The second-order valence-electron chi connectivity index (χ2n) is 14.7. The average molecular weight is 735 g/mol. The van der Waals surface area contributed by atoms with Crippen LogP contribution >= 0.6 is 0 Å². The number of aliphatic hydroxyl groups is 1. The van der Waals surface area contributed by atoms with E-state index in [-0.39, 0.29) is 17.6 Å². The Morgan fingerprint density at radius 2 is 1.47 bits per heavy atom. The Kier molecular flexibility index (Phi) is 11.8. The number of aromatic hydroxyl groups is 1. The number of phenolic OH excluding ortho intramolecular Hbond substituents is 1. The number of unbranched alkanes of at least 4 members (excludes halogenated alkanes) is 6. The molecule has 1 aromatic carbocycles. The van der Waals surface area contributed by atoms with Crippen LogP contribution in [-0.2, 0) is 16.3 Å². The predicted molar refractivity (Wildman–Crippen MR) is 168 cm³/mol. The van der Waals surface area contributed by atoms with Gasteiger partial charge in [0, 0.05) is 6.42 Å². The van der Waals surface area contributed by atoms with Gasteiger partial charge in [-0.05, 0) is 103 Å². The summed E-state index contributed by atoms with van der Waals surface area (Å²) in [5, 5.41) is 20.9. The van der Waals surface area contributed by atoms with Gasteiger partial charge in [0.05, 0.1) is 17.6 Å². The van der Waals surface area contributed by atoms with Gasteiger partial charge in [0.1, 0.15) is 15.6 Å². The highest BCUT2D eigenvalue weighted by molar-refractivity contribution is 7.91. The van der Waals surface area contributed by atoms with E-state index in [1.165, 1.54) is 11.1 Å². The van der Waals surface area contributed by atoms with Gasteiger partial charge in [-0.1, -0.05) is 58.1 Å². The lowest BCUT2D eigenvalue weighted by molar-refractivity contribution is -0.396. The SMILES string of the molecule is C=C1[C@H](O)C[C@H]2[C@@H]3[C@H](CCCCCCCCCS(=O)(=O)CCCC(F)(F)C(F)(F)C(F)(F)C(F)(F)F)Cc4cc(O)ccc4[C@H]3CC[C@]12C. The molecular formula is C35H47F9O4S. The first-order valence-electron chi connectivity index (χ1n) is 17.2. The smallest absolute Gasteiger partial charge is 0.460 e. The van der Waals surface area contributed by atoms with E-state index in [1.54, 1.807) is 6.07 Å². The summed E-state index contributed by atoms with van der Waals surface area (Å²) in [7, 11) is -4.00. The van der Waals surface area contributed by atoms with Crippen molar-refractivity contribution in [2.75, 3.05) is 11.5 Å². The lowest BCUT2D eigenvalue weighted by atomic mass is 9.52. The van der Waals surface area contributed by atoms with Gasteiger partial charge in [-0.25, -0.2) is 8.42 Å². The average Bonchev–Trinajstić information content (AvgIpc) is 3.22. The lowest BCUT2D eigenvalue weighted by Crippen LogP contribution is -2.60. The van der Waals surface area contributed by atoms with E-state index in [4.69, 9.17) is 0 Å². The minimum atomic E-state index is -6.98. The fourth-order valence-electron chi connectivity index (χ4n) is 8.77. The number of benzene rings is 1. The monoisotopic (exact) mass is 734 g/mol. The summed E-state index contributed by atoms with van der Waals surface area (Å²) in [4.78, 5) is 0. The zero-order chi connectivity index (χ0) is 36.6. The molecule has 0 spiro atoms. The zero-order valence-electron chi connectivity index (χ0n) is 27.7. The standard InChI is InChI=1S/C35H47F9O4S/c1-22-29(46)21-28-30-23(19-24-20-25(45)12-13-26(24)27(30)14-16-31(22,28)2)11-8-6-4-3-5-7-9-17-49(47,48)18-10-15-32(36,37)33(38,39)34(40,41)35(42,43)44/h12-13,20,23,27-30,45-46H,1,3-11,14-19,21H2,2H3/t23-,27-,28+,29-,30-,31-/m1/s1. The summed E-state index contributed by atoms with van der Waals surface area (Å²) >= 11 is 0. The molecule has 49 heavy (non-hydrogen) atoms. The molecule has 0 amide bonds. The molecule has 2 N–H and O–H groups in total. The maximum atomic E-state index is 13.7. The Bertz CT molecular complexity index is 1430. The first kappa shape index (κ1) is 39.8. The van der Waals surface area contributed by atoms with Gasteiger partial charge in [0.2, 0.25) is 0 Å². The molecule has 4 nitrogen and oxygen atoms in total. The number of hydrogen-bond donors (Lipinski definition) is 2. The molecule has 2 saturated carbocycles. The molecule has 1 aromatic rings. The maximum absolute atomic E-state index is 13.7. The Morgan fingerprint density at radius 3 is 2.10 bits per heavy atom. The number of aliphatic hydroxyl groups excluding tert-OH is 1. The lowest BCUT2D eigenvalue weighted by Gasteiger charge is -2.52. The van der Waals surface area contributed by atoms with Crippen LogP contribution < -0.4 is 0 Å². The summed E-state index contributed by atoms with van der Waals surface area (Å²) in [5.74, 6) is -19.2. The molecule has 0 heterocycles. The van der Waals surface area contributed by atoms with Gasteiger partial charge in [-0.2, -0.15) is 39.5 Å². The highest BCUT2D eigenvalue weighted by atomic mass is 32.2. The predicted octanol–water partition coefficient (Wildman–Crippen LogP) is 9.79. The number of rotatable bonds is 16. The van der Waals surface area contributed by atoms with Crippen LogP contribution in [0.15, 0.2) is 30.4 Å². The minimum Gasteiger partial charge on any atom is -0.508 e. The van der Waals surface area contributed by atoms with Crippen molar-refractivity contribution in [3.63, 3.8) is 0 Å². The zero-order valence-corrected chi connectivity index (χ0v) is 28.5. The van der Waals surface area contributed by atoms with Crippen molar-refractivity contribution in [2.24, 2.45) is 23.2 Å². The first-order valence-corrected chi connectivity index (χ1v) is 19.0. The Balaban J connectivity index is 1.18. The third-order valence-electron chi connectivity index (χ3n) is 11.6. The molecular weight excluding hydrogens is 687 g/mol.